The molecule has 1 fully saturated rings. The fraction of sp³-hybridized carbons (Fsp3) is 0.688. The van der Waals surface area contributed by atoms with Crippen LogP contribution in [0.3, 0.4) is 0 Å². The van der Waals surface area contributed by atoms with E-state index in [1.54, 1.807) is 0 Å². The first-order chi connectivity index (χ1) is 9.09. The lowest BCUT2D eigenvalue weighted by Crippen LogP contribution is -2.44. The highest BCUT2D eigenvalue weighted by Gasteiger charge is 2.29. The molecular formula is C16H27N3. The van der Waals surface area contributed by atoms with Crippen LogP contribution in [0.5, 0.6) is 0 Å². The highest BCUT2D eigenvalue weighted by molar-refractivity contribution is 5.17. The molecule has 19 heavy (non-hydrogen) atoms. The molecule has 0 bridgehead atoms. The lowest BCUT2D eigenvalue weighted by Gasteiger charge is -2.40. The number of nitrogens with two attached hydrogens (primary N) is 1. The van der Waals surface area contributed by atoms with Crippen LogP contribution < -0.4 is 5.73 Å². The van der Waals surface area contributed by atoms with Crippen molar-refractivity contribution >= 4 is 0 Å². The molecule has 3 nitrogen and oxygen atoms in total. The van der Waals surface area contributed by atoms with Crippen LogP contribution in [-0.4, -0.2) is 29.0 Å². The maximum atomic E-state index is 6.25. The molecule has 1 aromatic heterocycles. The third kappa shape index (κ3) is 3.54. The molecular weight excluding hydrogens is 234 g/mol. The molecule has 0 amide bonds. The van der Waals surface area contributed by atoms with Crippen molar-refractivity contribution < 1.29 is 0 Å². The molecule has 3 heteroatoms. The molecule has 106 valence electrons. The van der Waals surface area contributed by atoms with Crippen molar-refractivity contribution in [2.75, 3.05) is 7.05 Å². The molecule has 4 unspecified atom stereocenters. The smallest absolute Gasteiger partial charge is 0.0497 e. The second-order valence-corrected chi connectivity index (χ2v) is 6.18. The minimum absolute atomic E-state index is 0.129. The predicted molar refractivity (Wildman–Crippen MR) is 79.8 cm³/mol. The van der Waals surface area contributed by atoms with Gasteiger partial charge in [-0.1, -0.05) is 19.8 Å². The van der Waals surface area contributed by atoms with E-state index in [1.165, 1.54) is 31.2 Å². The van der Waals surface area contributed by atoms with Crippen molar-refractivity contribution in [3.8, 4) is 0 Å². The van der Waals surface area contributed by atoms with E-state index >= 15 is 0 Å². The van der Waals surface area contributed by atoms with Gasteiger partial charge in [0.1, 0.15) is 0 Å². The second kappa shape index (κ2) is 6.49. The molecule has 1 aliphatic rings. The van der Waals surface area contributed by atoms with Gasteiger partial charge in [0, 0.05) is 30.5 Å². The molecule has 0 aliphatic heterocycles. The van der Waals surface area contributed by atoms with Gasteiger partial charge in [-0.15, -0.1) is 0 Å². The standard InChI is InChI=1S/C16H27N3/c1-12-5-4-6-15(11-12)19(3)16(13(2)17)14-7-9-18-10-8-14/h7-10,12-13,15-16H,4-6,11,17H2,1-3H3. The van der Waals surface area contributed by atoms with Crippen molar-refractivity contribution in [3.63, 3.8) is 0 Å². The van der Waals surface area contributed by atoms with E-state index in [0.717, 1.165) is 5.92 Å². The van der Waals surface area contributed by atoms with Crippen LogP contribution in [0.15, 0.2) is 24.5 Å². The Morgan fingerprint density at radius 3 is 2.58 bits per heavy atom. The summed E-state index contributed by atoms with van der Waals surface area (Å²) in [5.74, 6) is 0.840. The molecule has 2 rings (SSSR count). The van der Waals surface area contributed by atoms with Gasteiger partial charge in [-0.2, -0.15) is 0 Å². The molecule has 1 saturated carbocycles. The number of hydrogen-bond donors (Lipinski definition) is 1. The quantitative estimate of drug-likeness (QED) is 0.906. The monoisotopic (exact) mass is 261 g/mol. The van der Waals surface area contributed by atoms with Crippen LogP contribution in [0.2, 0.25) is 0 Å². The van der Waals surface area contributed by atoms with Gasteiger partial charge in [-0.25, -0.2) is 0 Å². The fourth-order valence-electron chi connectivity index (χ4n) is 3.47. The van der Waals surface area contributed by atoms with Crippen LogP contribution in [0, 0.1) is 5.92 Å². The Hall–Kier alpha value is -0.930. The molecule has 0 spiro atoms. The summed E-state index contributed by atoms with van der Waals surface area (Å²) in [6.07, 6.45) is 9.05. The zero-order valence-electron chi connectivity index (χ0n) is 12.4. The van der Waals surface area contributed by atoms with Gasteiger partial charge in [-0.05, 0) is 50.4 Å². The Bertz CT molecular complexity index is 377. The van der Waals surface area contributed by atoms with E-state index in [-0.39, 0.29) is 6.04 Å². The van der Waals surface area contributed by atoms with Gasteiger partial charge in [0.25, 0.3) is 0 Å². The largest absolute Gasteiger partial charge is 0.326 e. The van der Waals surface area contributed by atoms with E-state index in [9.17, 15) is 0 Å². The first-order valence-electron chi connectivity index (χ1n) is 7.47. The zero-order chi connectivity index (χ0) is 13.8. The molecule has 1 heterocycles. The summed E-state index contributed by atoms with van der Waals surface area (Å²) in [4.78, 5) is 6.61. The first-order valence-corrected chi connectivity index (χ1v) is 7.47. The van der Waals surface area contributed by atoms with Gasteiger partial charge >= 0.3 is 0 Å². The summed E-state index contributed by atoms with van der Waals surface area (Å²) in [5, 5.41) is 0. The number of hydrogen-bond acceptors (Lipinski definition) is 3. The topological polar surface area (TPSA) is 42.2 Å². The summed E-state index contributed by atoms with van der Waals surface area (Å²) in [6.45, 7) is 4.47. The third-order valence-electron chi connectivity index (χ3n) is 4.47. The van der Waals surface area contributed by atoms with Gasteiger partial charge in [-0.3, -0.25) is 9.88 Å². The summed E-state index contributed by atoms with van der Waals surface area (Å²) in [7, 11) is 2.23. The normalized spacial score (nSPS) is 27.2. The van der Waals surface area contributed by atoms with E-state index in [0.29, 0.717) is 12.1 Å². The fourth-order valence-corrected chi connectivity index (χ4v) is 3.47. The Kier molecular flexibility index (Phi) is 4.94. The van der Waals surface area contributed by atoms with E-state index in [2.05, 4.69) is 42.9 Å². The third-order valence-corrected chi connectivity index (χ3v) is 4.47. The van der Waals surface area contributed by atoms with E-state index in [1.807, 2.05) is 12.4 Å². The van der Waals surface area contributed by atoms with E-state index < -0.39 is 0 Å². The van der Waals surface area contributed by atoms with Crippen molar-refractivity contribution in [1.82, 2.24) is 9.88 Å². The lowest BCUT2D eigenvalue weighted by molar-refractivity contribution is 0.106. The molecule has 1 aromatic rings. The highest BCUT2D eigenvalue weighted by atomic mass is 15.2. The summed E-state index contributed by atoms with van der Waals surface area (Å²) < 4.78 is 0. The van der Waals surface area contributed by atoms with Crippen molar-refractivity contribution in [2.24, 2.45) is 11.7 Å². The molecule has 0 aromatic carbocycles. The maximum Gasteiger partial charge on any atom is 0.0497 e. The number of aromatic nitrogens is 1. The molecule has 0 saturated heterocycles. The van der Waals surface area contributed by atoms with Gasteiger partial charge < -0.3 is 5.73 Å². The molecule has 1 aliphatic carbocycles. The highest BCUT2D eigenvalue weighted by Crippen LogP contribution is 2.32. The van der Waals surface area contributed by atoms with Crippen molar-refractivity contribution in [1.29, 1.82) is 0 Å². The average Bonchev–Trinajstić information content (AvgIpc) is 2.39. The SMILES string of the molecule is CC1CCCC(N(C)C(c2ccncc2)C(C)N)C1. The van der Waals surface area contributed by atoms with Crippen molar-refractivity contribution in [2.45, 2.75) is 57.7 Å². The lowest BCUT2D eigenvalue weighted by atomic mass is 9.85. The Labute approximate surface area is 117 Å². The number of pyridine rings is 1. The Balaban J connectivity index is 2.15. The first kappa shape index (κ1) is 14.5. The van der Waals surface area contributed by atoms with Gasteiger partial charge in [0.05, 0.1) is 0 Å². The van der Waals surface area contributed by atoms with E-state index in [4.69, 9.17) is 5.73 Å². The van der Waals surface area contributed by atoms with Crippen LogP contribution in [-0.2, 0) is 0 Å². The molecule has 2 N–H and O–H groups in total. The van der Waals surface area contributed by atoms with Gasteiger partial charge in [0.15, 0.2) is 0 Å². The van der Waals surface area contributed by atoms with Crippen molar-refractivity contribution in [3.05, 3.63) is 30.1 Å². The number of likely N-dealkylation sites (N-methyl/N-ethyl adjacent to an activating group) is 1. The summed E-state index contributed by atoms with van der Waals surface area (Å²) >= 11 is 0. The summed E-state index contributed by atoms with van der Waals surface area (Å²) in [5.41, 5.74) is 7.53. The average molecular weight is 261 g/mol. The Morgan fingerprint density at radius 2 is 2.00 bits per heavy atom. The minimum atomic E-state index is 0.129. The summed E-state index contributed by atoms with van der Waals surface area (Å²) in [6, 6.07) is 5.27. The van der Waals surface area contributed by atoms with Crippen LogP contribution >= 0.6 is 0 Å². The molecule has 4 atom stereocenters. The number of rotatable bonds is 4. The molecule has 0 radical (unpaired) electrons. The predicted octanol–water partition coefficient (Wildman–Crippen LogP) is 2.98. The Morgan fingerprint density at radius 1 is 1.32 bits per heavy atom. The van der Waals surface area contributed by atoms with Crippen LogP contribution in [0.25, 0.3) is 0 Å². The van der Waals surface area contributed by atoms with Crippen LogP contribution in [0.1, 0.15) is 51.1 Å². The minimum Gasteiger partial charge on any atom is -0.326 e. The number of nitrogens with zero attached hydrogens (tertiary/aromatic N) is 2. The van der Waals surface area contributed by atoms with Gasteiger partial charge in [0.2, 0.25) is 0 Å². The second-order valence-electron chi connectivity index (χ2n) is 6.18. The maximum absolute atomic E-state index is 6.25. The van der Waals surface area contributed by atoms with Crippen LogP contribution in [0.4, 0.5) is 0 Å². The zero-order valence-corrected chi connectivity index (χ0v) is 12.4.